The molecule has 0 aromatic carbocycles. The van der Waals surface area contributed by atoms with Crippen LogP contribution in [0.15, 0.2) is 0 Å². The van der Waals surface area contributed by atoms with Gasteiger partial charge < -0.3 is 15.3 Å². The van der Waals surface area contributed by atoms with Crippen LogP contribution in [-0.4, -0.2) is 47.2 Å². The van der Waals surface area contributed by atoms with E-state index in [2.05, 4.69) is 5.32 Å². The molecule has 4 heteroatoms. The molecule has 4 nitrogen and oxygen atoms in total. The highest BCUT2D eigenvalue weighted by Gasteiger charge is 2.40. The van der Waals surface area contributed by atoms with E-state index < -0.39 is 5.54 Å². The number of piperidine rings is 1. The zero-order chi connectivity index (χ0) is 12.3. The van der Waals surface area contributed by atoms with Crippen molar-refractivity contribution in [3.63, 3.8) is 0 Å². The Bertz CT molecular complexity index is 271. The van der Waals surface area contributed by atoms with Crippen LogP contribution in [0.25, 0.3) is 0 Å². The van der Waals surface area contributed by atoms with Gasteiger partial charge in [-0.15, -0.1) is 0 Å². The van der Waals surface area contributed by atoms with Crippen molar-refractivity contribution in [1.29, 1.82) is 0 Å². The summed E-state index contributed by atoms with van der Waals surface area (Å²) in [5, 5.41) is 12.5. The molecular formula is C13H24N2O2. The predicted molar refractivity (Wildman–Crippen MR) is 66.7 cm³/mol. The average Bonchev–Trinajstić information content (AvgIpc) is 2.26. The standard InChI is InChI=1S/C13H24N2O2/c1-13(7-2-3-8-14-13)12(17)15(9-10-16)11-5-4-6-11/h11,14,16H,2-10H2,1H3. The van der Waals surface area contributed by atoms with Gasteiger partial charge in [0.1, 0.15) is 0 Å². The molecule has 0 spiro atoms. The molecule has 2 aliphatic rings. The minimum atomic E-state index is -0.400. The van der Waals surface area contributed by atoms with Crippen LogP contribution in [0.3, 0.4) is 0 Å². The summed E-state index contributed by atoms with van der Waals surface area (Å²) in [6.45, 7) is 3.50. The Morgan fingerprint density at radius 2 is 2.18 bits per heavy atom. The monoisotopic (exact) mass is 240 g/mol. The number of carbonyl (C=O) groups is 1. The fourth-order valence-electron chi connectivity index (χ4n) is 2.81. The molecule has 17 heavy (non-hydrogen) atoms. The van der Waals surface area contributed by atoms with Crippen molar-refractivity contribution in [1.82, 2.24) is 10.2 Å². The molecule has 2 rings (SSSR count). The first-order valence-electron chi connectivity index (χ1n) is 6.84. The molecular weight excluding hydrogens is 216 g/mol. The molecule has 0 bridgehead atoms. The van der Waals surface area contributed by atoms with E-state index in [1.54, 1.807) is 0 Å². The predicted octanol–water partition coefficient (Wildman–Crippen LogP) is 0.892. The highest BCUT2D eigenvalue weighted by molar-refractivity contribution is 5.86. The van der Waals surface area contributed by atoms with Crippen molar-refractivity contribution in [2.45, 2.75) is 57.0 Å². The van der Waals surface area contributed by atoms with E-state index in [0.717, 1.165) is 38.6 Å². The molecule has 0 aromatic rings. The van der Waals surface area contributed by atoms with Gasteiger partial charge in [0.05, 0.1) is 12.1 Å². The van der Waals surface area contributed by atoms with Crippen LogP contribution in [0, 0.1) is 0 Å². The van der Waals surface area contributed by atoms with Crippen molar-refractivity contribution in [2.75, 3.05) is 19.7 Å². The van der Waals surface area contributed by atoms with Gasteiger partial charge in [-0.2, -0.15) is 0 Å². The summed E-state index contributed by atoms with van der Waals surface area (Å²) in [6, 6.07) is 0.371. The molecule has 1 aliphatic carbocycles. The van der Waals surface area contributed by atoms with E-state index in [1.165, 1.54) is 6.42 Å². The van der Waals surface area contributed by atoms with Crippen molar-refractivity contribution >= 4 is 5.91 Å². The first-order chi connectivity index (χ1) is 8.17. The van der Waals surface area contributed by atoms with Crippen LogP contribution in [0.1, 0.15) is 45.4 Å². The minimum Gasteiger partial charge on any atom is -0.395 e. The Hall–Kier alpha value is -0.610. The van der Waals surface area contributed by atoms with Crippen LogP contribution >= 0.6 is 0 Å². The third-order valence-corrected chi connectivity index (χ3v) is 4.21. The molecule has 1 saturated heterocycles. The number of carbonyl (C=O) groups excluding carboxylic acids is 1. The first-order valence-corrected chi connectivity index (χ1v) is 6.84. The number of aliphatic hydroxyl groups is 1. The topological polar surface area (TPSA) is 52.6 Å². The lowest BCUT2D eigenvalue weighted by Gasteiger charge is -2.44. The molecule has 98 valence electrons. The molecule has 1 amide bonds. The van der Waals surface area contributed by atoms with E-state index in [1.807, 2.05) is 11.8 Å². The van der Waals surface area contributed by atoms with Gasteiger partial charge in [-0.1, -0.05) is 0 Å². The van der Waals surface area contributed by atoms with Crippen LogP contribution in [0.4, 0.5) is 0 Å². The Kier molecular flexibility index (Phi) is 4.05. The van der Waals surface area contributed by atoms with Gasteiger partial charge >= 0.3 is 0 Å². The second kappa shape index (κ2) is 5.36. The molecule has 0 radical (unpaired) electrons. The van der Waals surface area contributed by atoms with Crippen molar-refractivity contribution in [3.8, 4) is 0 Å². The Labute approximate surface area is 103 Å². The van der Waals surface area contributed by atoms with E-state index in [4.69, 9.17) is 5.11 Å². The van der Waals surface area contributed by atoms with Crippen molar-refractivity contribution in [2.24, 2.45) is 0 Å². The van der Waals surface area contributed by atoms with Crippen LogP contribution in [0.5, 0.6) is 0 Å². The zero-order valence-electron chi connectivity index (χ0n) is 10.7. The summed E-state index contributed by atoms with van der Waals surface area (Å²) in [6.07, 6.45) is 6.60. The normalized spacial score (nSPS) is 29.8. The van der Waals surface area contributed by atoms with Crippen molar-refractivity contribution < 1.29 is 9.90 Å². The summed E-state index contributed by atoms with van der Waals surface area (Å²) in [5.41, 5.74) is -0.400. The molecule has 1 aliphatic heterocycles. The second-order valence-corrected chi connectivity index (χ2v) is 5.52. The lowest BCUT2D eigenvalue weighted by atomic mass is 9.86. The number of amides is 1. The molecule has 0 aromatic heterocycles. The SMILES string of the molecule is CC1(C(=O)N(CCO)C2CCC2)CCCCN1. The smallest absolute Gasteiger partial charge is 0.242 e. The van der Waals surface area contributed by atoms with E-state index in [9.17, 15) is 4.79 Å². The highest BCUT2D eigenvalue weighted by atomic mass is 16.3. The van der Waals surface area contributed by atoms with Gasteiger partial charge in [0, 0.05) is 12.6 Å². The number of hydrogen-bond donors (Lipinski definition) is 2. The summed E-state index contributed by atoms with van der Waals surface area (Å²) < 4.78 is 0. The van der Waals surface area contributed by atoms with E-state index in [0.29, 0.717) is 12.6 Å². The minimum absolute atomic E-state index is 0.0678. The Balaban J connectivity index is 2.03. The first kappa shape index (κ1) is 12.8. The van der Waals surface area contributed by atoms with Gasteiger partial charge in [0.2, 0.25) is 5.91 Å². The quantitative estimate of drug-likeness (QED) is 0.767. The Morgan fingerprint density at radius 3 is 2.65 bits per heavy atom. The summed E-state index contributed by atoms with van der Waals surface area (Å²) >= 11 is 0. The lowest BCUT2D eigenvalue weighted by Crippen LogP contribution is -2.61. The van der Waals surface area contributed by atoms with Gasteiger partial charge in [-0.25, -0.2) is 0 Å². The maximum atomic E-state index is 12.6. The largest absolute Gasteiger partial charge is 0.395 e. The summed E-state index contributed by atoms with van der Waals surface area (Å²) in [7, 11) is 0. The maximum Gasteiger partial charge on any atom is 0.242 e. The molecule has 2 N–H and O–H groups in total. The number of nitrogens with zero attached hydrogens (tertiary/aromatic N) is 1. The number of hydrogen-bond acceptors (Lipinski definition) is 3. The van der Waals surface area contributed by atoms with Crippen LogP contribution in [-0.2, 0) is 4.79 Å². The van der Waals surface area contributed by atoms with Crippen LogP contribution in [0.2, 0.25) is 0 Å². The van der Waals surface area contributed by atoms with Crippen molar-refractivity contribution in [3.05, 3.63) is 0 Å². The number of nitrogens with one attached hydrogen (secondary N) is 1. The van der Waals surface area contributed by atoms with E-state index >= 15 is 0 Å². The van der Waals surface area contributed by atoms with Crippen LogP contribution < -0.4 is 5.32 Å². The number of rotatable bonds is 4. The average molecular weight is 240 g/mol. The summed E-state index contributed by atoms with van der Waals surface area (Å²) in [5.74, 6) is 0.191. The second-order valence-electron chi connectivity index (χ2n) is 5.52. The van der Waals surface area contributed by atoms with E-state index in [-0.39, 0.29) is 12.5 Å². The lowest BCUT2D eigenvalue weighted by molar-refractivity contribution is -0.143. The molecule has 1 saturated carbocycles. The van der Waals surface area contributed by atoms with Gasteiger partial charge in [0.15, 0.2) is 0 Å². The molecule has 2 fully saturated rings. The molecule has 1 unspecified atom stereocenters. The summed E-state index contributed by atoms with van der Waals surface area (Å²) in [4.78, 5) is 14.5. The maximum absolute atomic E-state index is 12.6. The van der Waals surface area contributed by atoms with Gasteiger partial charge in [0.25, 0.3) is 0 Å². The Morgan fingerprint density at radius 1 is 1.41 bits per heavy atom. The fourth-order valence-corrected chi connectivity index (χ4v) is 2.81. The third kappa shape index (κ3) is 2.63. The molecule has 1 heterocycles. The molecule has 1 atom stereocenters. The zero-order valence-corrected chi connectivity index (χ0v) is 10.7. The van der Waals surface area contributed by atoms with Gasteiger partial charge in [-0.3, -0.25) is 4.79 Å². The fraction of sp³-hybridized carbons (Fsp3) is 0.923. The number of aliphatic hydroxyl groups excluding tert-OH is 1. The highest BCUT2D eigenvalue weighted by Crippen LogP contribution is 2.29. The third-order valence-electron chi connectivity index (χ3n) is 4.21. The van der Waals surface area contributed by atoms with Gasteiger partial charge in [-0.05, 0) is 52.0 Å².